The number of hydrogen-bond donors (Lipinski definition) is 2. The van der Waals surface area contributed by atoms with Gasteiger partial charge in [0.2, 0.25) is 20.0 Å². The van der Waals surface area contributed by atoms with Crippen molar-refractivity contribution in [2.24, 2.45) is 23.7 Å². The van der Waals surface area contributed by atoms with Crippen LogP contribution in [0.5, 0.6) is 0 Å². The normalized spacial score (nSPS) is 25.2. The highest BCUT2D eigenvalue weighted by Gasteiger charge is 2.79. The van der Waals surface area contributed by atoms with Gasteiger partial charge in [0.15, 0.2) is 11.6 Å². The number of aliphatic hydroxyl groups is 1. The van der Waals surface area contributed by atoms with Crippen molar-refractivity contribution in [3.8, 4) is 0 Å². The molecule has 3 rings (SSSR count). The average molecular weight is 708 g/mol. The van der Waals surface area contributed by atoms with Gasteiger partial charge in [0.05, 0.1) is 29.8 Å². The van der Waals surface area contributed by atoms with Gasteiger partial charge in [0.1, 0.15) is 5.54 Å². The first-order chi connectivity index (χ1) is 22.4. The molecule has 1 aromatic carbocycles. The molecule has 0 spiro atoms. The number of rotatable bonds is 15. The summed E-state index contributed by atoms with van der Waals surface area (Å²) in [5.74, 6) is -8.22. The zero-order chi connectivity index (χ0) is 36.0. The third kappa shape index (κ3) is 9.90. The van der Waals surface area contributed by atoms with Crippen molar-refractivity contribution in [3.63, 3.8) is 0 Å². The van der Waals surface area contributed by atoms with Crippen LogP contribution in [0.3, 0.4) is 0 Å². The quantitative estimate of drug-likeness (QED) is 0.115. The first kappa shape index (κ1) is 39.2. The van der Waals surface area contributed by atoms with E-state index in [1.165, 1.54) is 13.2 Å². The number of nitrogens with one attached hydrogen (secondary N) is 1. The van der Waals surface area contributed by atoms with Crippen LogP contribution in [-0.2, 0) is 47.5 Å². The fourth-order valence-electron chi connectivity index (χ4n) is 5.55. The molecular weight excluding hydrogens is 664 g/mol. The first-order valence-corrected chi connectivity index (χ1v) is 16.1. The second kappa shape index (κ2) is 16.4. The molecule has 1 aromatic rings. The van der Waals surface area contributed by atoms with Crippen molar-refractivity contribution in [1.82, 2.24) is 5.32 Å². The van der Waals surface area contributed by atoms with Crippen molar-refractivity contribution in [2.75, 3.05) is 26.4 Å². The summed E-state index contributed by atoms with van der Waals surface area (Å²) in [4.78, 5) is 51.4. The molecule has 0 aliphatic heterocycles. The van der Waals surface area contributed by atoms with Crippen molar-refractivity contribution in [2.45, 2.75) is 89.2 Å². The molecule has 0 saturated heterocycles. The molecule has 0 radical (unpaired) electrons. The average Bonchev–Trinajstić information content (AvgIpc) is 3.67. The van der Waals surface area contributed by atoms with E-state index in [0.717, 1.165) is 23.9 Å². The molecule has 7 atom stereocenters. The van der Waals surface area contributed by atoms with Gasteiger partial charge >= 0.3 is 24.2 Å². The van der Waals surface area contributed by atoms with Crippen LogP contribution < -0.4 is 5.32 Å². The van der Waals surface area contributed by atoms with E-state index in [9.17, 15) is 33.1 Å². The van der Waals surface area contributed by atoms with Crippen LogP contribution >= 0.6 is 11.8 Å². The molecule has 17 heteroatoms. The lowest BCUT2D eigenvalue weighted by Gasteiger charge is -2.41. The van der Waals surface area contributed by atoms with Crippen molar-refractivity contribution in [3.05, 3.63) is 29.8 Å². The maximum atomic E-state index is 14.2. The van der Waals surface area contributed by atoms with Crippen molar-refractivity contribution in [1.29, 1.82) is 0 Å². The van der Waals surface area contributed by atoms with E-state index >= 15 is 0 Å². The number of carbonyl (C=O) groups excluding carboxylic acids is 4. The Morgan fingerprint density at radius 1 is 0.938 bits per heavy atom. The van der Waals surface area contributed by atoms with E-state index in [-0.39, 0.29) is 5.75 Å². The Balaban J connectivity index is 1.96. The van der Waals surface area contributed by atoms with Crippen LogP contribution in [0, 0.1) is 35.3 Å². The number of benzene rings is 1. The van der Waals surface area contributed by atoms with Crippen LogP contribution in [0.2, 0.25) is 0 Å². The molecule has 0 amide bonds. The van der Waals surface area contributed by atoms with Gasteiger partial charge in [-0.05, 0) is 66.7 Å². The number of esters is 2. The maximum Gasteiger partial charge on any atom is 0.511 e. The van der Waals surface area contributed by atoms with E-state index in [0.29, 0.717) is 4.90 Å². The fraction of sp³-hybridized carbons (Fsp3) is 0.677. The molecule has 0 aromatic heterocycles. The molecule has 2 fully saturated rings. The molecule has 0 bridgehead atoms. The number of hydrogen-bond acceptors (Lipinski definition) is 15. The molecular formula is C31H43F2NO13S. The largest absolute Gasteiger partial charge is 0.511 e. The summed E-state index contributed by atoms with van der Waals surface area (Å²) in [6.45, 7) is 9.88. The second-order valence-electron chi connectivity index (χ2n) is 12.7. The van der Waals surface area contributed by atoms with Gasteiger partial charge in [-0.25, -0.2) is 23.2 Å². The van der Waals surface area contributed by atoms with E-state index in [2.05, 4.69) is 5.32 Å². The van der Waals surface area contributed by atoms with E-state index < -0.39 is 109 Å². The van der Waals surface area contributed by atoms with Crippen LogP contribution in [-0.4, -0.2) is 91.7 Å². The Morgan fingerprint density at radius 3 is 2.04 bits per heavy atom. The highest BCUT2D eigenvalue weighted by atomic mass is 32.2. The zero-order valence-electron chi connectivity index (χ0n) is 28.0. The second-order valence-corrected chi connectivity index (χ2v) is 13.8. The summed E-state index contributed by atoms with van der Waals surface area (Å²) in [7, 11) is 1.30. The highest BCUT2D eigenvalue weighted by Crippen LogP contribution is 2.66. The summed E-state index contributed by atoms with van der Waals surface area (Å²) in [6, 6.07) is 3.24. The molecule has 2 saturated carbocycles. The van der Waals surface area contributed by atoms with Crippen LogP contribution in [0.25, 0.3) is 0 Å². The minimum atomic E-state index is -1.96. The Bertz CT molecular complexity index is 1310. The lowest BCUT2D eigenvalue weighted by Crippen LogP contribution is -2.65. The van der Waals surface area contributed by atoms with Crippen LogP contribution in [0.15, 0.2) is 23.1 Å². The predicted octanol–water partition coefficient (Wildman–Crippen LogP) is 4.11. The summed E-state index contributed by atoms with van der Waals surface area (Å²) in [5, 5.41) is 14.6. The summed E-state index contributed by atoms with van der Waals surface area (Å²) in [5.41, 5.74) is -2.78. The number of fused-ring (bicyclic) bond motifs is 1. The topological polar surface area (TPSA) is 174 Å². The smallest absolute Gasteiger partial charge is 0.431 e. The number of carbonyl (C=O) groups is 4. The summed E-state index contributed by atoms with van der Waals surface area (Å²) in [6.07, 6.45) is -5.85. The van der Waals surface area contributed by atoms with Crippen molar-refractivity contribution >= 4 is 36.0 Å². The number of halogens is 2. The molecule has 2 aliphatic rings. The monoisotopic (exact) mass is 707 g/mol. The number of methoxy groups -OCH3 is 1. The van der Waals surface area contributed by atoms with Crippen LogP contribution in [0.4, 0.5) is 18.4 Å². The summed E-state index contributed by atoms with van der Waals surface area (Å²) < 4.78 is 69.0. The number of ether oxygens (including phenoxy) is 8. The minimum Gasteiger partial charge on any atom is -0.431 e. The molecule has 2 N–H and O–H groups in total. The van der Waals surface area contributed by atoms with Crippen LogP contribution in [0.1, 0.15) is 48.5 Å². The molecule has 270 valence electrons. The number of thioether (sulfide) groups is 1. The first-order valence-electron chi connectivity index (χ1n) is 15.2. The third-order valence-electron chi connectivity index (χ3n) is 7.36. The Hall–Kier alpha value is -3.25. The molecule has 48 heavy (non-hydrogen) atoms. The standard InChI is InChI=1S/C31H43F2NO13S/c1-15(2)45-28(38)43-13-41-25(36)22-21-23(22)31(34-27(40-8)47-30(5,6)7,26(37)42-14-44-29(39)46-16(3)4)18(24(21)35)12-48-17-9-10-19(32)20(33)11-17/h9-11,15-16,18,21-24,27,34-35H,12-14H2,1-8H3. The van der Waals surface area contributed by atoms with Gasteiger partial charge in [-0.1, -0.05) is 0 Å². The summed E-state index contributed by atoms with van der Waals surface area (Å²) >= 11 is 1.01. The molecule has 0 heterocycles. The SMILES string of the molecule is COC(NC1(C(=O)OCOC(=O)OC(C)C)C(CSc2ccc(F)c(F)c2)C(O)C2C(C(=O)OCOC(=O)OC(C)C)C21)OC(C)(C)C. The molecule has 2 aliphatic carbocycles. The minimum absolute atomic E-state index is 0.0739. The lowest BCUT2D eigenvalue weighted by atomic mass is 9.80. The zero-order valence-corrected chi connectivity index (χ0v) is 28.8. The van der Waals surface area contributed by atoms with Gasteiger partial charge in [0.25, 0.3) is 0 Å². The fourth-order valence-corrected chi connectivity index (χ4v) is 6.74. The van der Waals surface area contributed by atoms with Gasteiger partial charge in [-0.2, -0.15) is 0 Å². The van der Waals surface area contributed by atoms with Crippen molar-refractivity contribution < 1.29 is 71.0 Å². The highest BCUT2D eigenvalue weighted by molar-refractivity contribution is 7.99. The third-order valence-corrected chi connectivity index (χ3v) is 8.48. The van der Waals surface area contributed by atoms with Gasteiger partial charge < -0.3 is 43.0 Å². The van der Waals surface area contributed by atoms with E-state index in [1.807, 2.05) is 0 Å². The van der Waals surface area contributed by atoms with Gasteiger partial charge in [-0.15, -0.1) is 11.8 Å². The Kier molecular flexibility index (Phi) is 13.4. The molecule has 7 unspecified atom stereocenters. The number of aliphatic hydroxyl groups excluding tert-OH is 1. The van der Waals surface area contributed by atoms with E-state index in [1.54, 1.807) is 48.5 Å². The van der Waals surface area contributed by atoms with Gasteiger partial charge in [0, 0.05) is 35.5 Å². The lowest BCUT2D eigenvalue weighted by molar-refractivity contribution is -0.219. The Labute approximate surface area is 281 Å². The molecule has 14 nitrogen and oxygen atoms in total. The Morgan fingerprint density at radius 2 is 1.52 bits per heavy atom. The van der Waals surface area contributed by atoms with E-state index in [4.69, 9.17) is 37.9 Å². The predicted molar refractivity (Wildman–Crippen MR) is 162 cm³/mol. The maximum absolute atomic E-state index is 14.2. The van der Waals surface area contributed by atoms with Gasteiger partial charge in [-0.3, -0.25) is 10.1 Å².